The van der Waals surface area contributed by atoms with Gasteiger partial charge in [0.25, 0.3) is 0 Å². The van der Waals surface area contributed by atoms with E-state index in [1.807, 2.05) is 6.07 Å². The second-order valence-corrected chi connectivity index (χ2v) is 5.13. The van der Waals surface area contributed by atoms with E-state index in [9.17, 15) is 4.39 Å². The average molecular weight is 246 g/mol. The predicted octanol–water partition coefficient (Wildman–Crippen LogP) is 3.37. The van der Waals surface area contributed by atoms with Crippen LogP contribution >= 0.6 is 0 Å². The lowest BCUT2D eigenvalue weighted by Crippen LogP contribution is -2.32. The van der Waals surface area contributed by atoms with Gasteiger partial charge in [0.15, 0.2) is 0 Å². The molecule has 1 aliphatic rings. The van der Waals surface area contributed by atoms with Crippen LogP contribution in [-0.4, -0.2) is 6.04 Å². The van der Waals surface area contributed by atoms with Gasteiger partial charge in [-0.15, -0.1) is 0 Å². The molecule has 0 aliphatic heterocycles. The quantitative estimate of drug-likeness (QED) is 0.884. The van der Waals surface area contributed by atoms with Crippen molar-refractivity contribution in [1.29, 1.82) is 5.26 Å². The Balaban J connectivity index is 1.95. The second kappa shape index (κ2) is 5.97. The Hall–Kier alpha value is -1.40. The maximum atomic E-state index is 13.6. The number of hydrogen-bond donors (Lipinski definition) is 1. The summed E-state index contributed by atoms with van der Waals surface area (Å²) in [4.78, 5) is 0. The maximum Gasteiger partial charge on any atom is 0.127 e. The highest BCUT2D eigenvalue weighted by atomic mass is 19.1. The van der Waals surface area contributed by atoms with Crippen molar-refractivity contribution in [2.75, 3.05) is 0 Å². The number of hydrogen-bond acceptors (Lipinski definition) is 2. The molecule has 18 heavy (non-hydrogen) atoms. The Kier molecular flexibility index (Phi) is 4.33. The van der Waals surface area contributed by atoms with Gasteiger partial charge < -0.3 is 5.32 Å². The number of rotatable bonds is 4. The predicted molar refractivity (Wildman–Crippen MR) is 69.4 cm³/mol. The van der Waals surface area contributed by atoms with Gasteiger partial charge in [0, 0.05) is 18.2 Å². The molecule has 3 heteroatoms. The van der Waals surface area contributed by atoms with Crippen LogP contribution in [0.3, 0.4) is 0 Å². The molecule has 0 saturated heterocycles. The minimum Gasteiger partial charge on any atom is -0.310 e. The van der Waals surface area contributed by atoms with Crippen molar-refractivity contribution in [3.05, 3.63) is 35.1 Å². The molecule has 0 heterocycles. The molecule has 0 aromatic heterocycles. The molecular formula is C15H19FN2. The van der Waals surface area contributed by atoms with Crippen LogP contribution in [0.1, 0.15) is 43.7 Å². The van der Waals surface area contributed by atoms with E-state index in [0.29, 0.717) is 29.6 Å². The smallest absolute Gasteiger partial charge is 0.127 e. The van der Waals surface area contributed by atoms with Gasteiger partial charge in [0.2, 0.25) is 0 Å². The van der Waals surface area contributed by atoms with E-state index in [-0.39, 0.29) is 5.82 Å². The van der Waals surface area contributed by atoms with Crippen LogP contribution in [0.2, 0.25) is 0 Å². The van der Waals surface area contributed by atoms with Crippen molar-refractivity contribution < 1.29 is 4.39 Å². The lowest BCUT2D eigenvalue weighted by molar-refractivity contribution is 0.378. The van der Waals surface area contributed by atoms with Gasteiger partial charge in [-0.1, -0.05) is 12.8 Å². The van der Waals surface area contributed by atoms with Crippen molar-refractivity contribution in [3.8, 4) is 6.07 Å². The molecule has 2 rings (SSSR count). The second-order valence-electron chi connectivity index (χ2n) is 5.13. The zero-order chi connectivity index (χ0) is 13.0. The maximum absolute atomic E-state index is 13.6. The summed E-state index contributed by atoms with van der Waals surface area (Å²) in [5.41, 5.74) is 1.10. The van der Waals surface area contributed by atoms with Crippen LogP contribution < -0.4 is 5.32 Å². The van der Waals surface area contributed by atoms with E-state index >= 15 is 0 Å². The lowest BCUT2D eigenvalue weighted by Gasteiger charge is -2.20. The SMILES string of the molecule is C[C@H](NCc1cc(C#N)ccc1F)C1CCCC1. The van der Waals surface area contributed by atoms with Crippen molar-refractivity contribution in [3.63, 3.8) is 0 Å². The number of nitrogens with one attached hydrogen (secondary N) is 1. The molecule has 1 saturated carbocycles. The minimum absolute atomic E-state index is 0.236. The largest absolute Gasteiger partial charge is 0.310 e. The molecule has 2 nitrogen and oxygen atoms in total. The Morgan fingerprint density at radius 2 is 2.17 bits per heavy atom. The van der Waals surface area contributed by atoms with Crippen molar-refractivity contribution >= 4 is 0 Å². The Labute approximate surface area is 108 Å². The fourth-order valence-corrected chi connectivity index (χ4v) is 2.67. The Morgan fingerprint density at radius 1 is 1.44 bits per heavy atom. The van der Waals surface area contributed by atoms with E-state index in [0.717, 1.165) is 0 Å². The average Bonchev–Trinajstić information content (AvgIpc) is 2.91. The number of benzene rings is 1. The van der Waals surface area contributed by atoms with Gasteiger partial charge >= 0.3 is 0 Å². The van der Waals surface area contributed by atoms with E-state index in [2.05, 4.69) is 12.2 Å². The van der Waals surface area contributed by atoms with Gasteiger partial charge in [-0.05, 0) is 43.9 Å². The van der Waals surface area contributed by atoms with Gasteiger partial charge in [-0.3, -0.25) is 0 Å². The first-order chi connectivity index (χ1) is 8.70. The molecule has 1 fully saturated rings. The molecule has 1 aliphatic carbocycles. The van der Waals surface area contributed by atoms with Crippen LogP contribution in [0.4, 0.5) is 4.39 Å². The fourth-order valence-electron chi connectivity index (χ4n) is 2.67. The summed E-state index contributed by atoms with van der Waals surface area (Å²) in [5, 5.41) is 12.2. The number of nitrogens with zero attached hydrogens (tertiary/aromatic N) is 1. The molecule has 96 valence electrons. The highest BCUT2D eigenvalue weighted by molar-refractivity contribution is 5.33. The number of halogens is 1. The first-order valence-corrected chi connectivity index (χ1v) is 6.62. The molecule has 1 aromatic rings. The van der Waals surface area contributed by atoms with Gasteiger partial charge in [-0.2, -0.15) is 5.26 Å². The van der Waals surface area contributed by atoms with Crippen LogP contribution in [0.25, 0.3) is 0 Å². The minimum atomic E-state index is -0.236. The first-order valence-electron chi connectivity index (χ1n) is 6.62. The molecule has 0 bridgehead atoms. The molecule has 1 atom stereocenters. The monoisotopic (exact) mass is 246 g/mol. The first kappa shape index (κ1) is 13.0. The molecule has 0 amide bonds. The summed E-state index contributed by atoms with van der Waals surface area (Å²) in [7, 11) is 0. The summed E-state index contributed by atoms with van der Waals surface area (Å²) in [6.45, 7) is 2.67. The van der Waals surface area contributed by atoms with Gasteiger partial charge in [0.1, 0.15) is 5.82 Å². The summed E-state index contributed by atoms with van der Waals surface area (Å²) < 4.78 is 13.6. The third-order valence-electron chi connectivity index (χ3n) is 3.90. The van der Waals surface area contributed by atoms with Crippen LogP contribution in [0.5, 0.6) is 0 Å². The van der Waals surface area contributed by atoms with Crippen LogP contribution in [0.15, 0.2) is 18.2 Å². The van der Waals surface area contributed by atoms with Crippen molar-refractivity contribution in [1.82, 2.24) is 5.32 Å². The summed E-state index contributed by atoms with van der Waals surface area (Å²) in [6.07, 6.45) is 5.17. The molecule has 1 N–H and O–H groups in total. The topological polar surface area (TPSA) is 35.8 Å². The molecule has 0 unspecified atom stereocenters. The zero-order valence-corrected chi connectivity index (χ0v) is 10.7. The fraction of sp³-hybridized carbons (Fsp3) is 0.533. The van der Waals surface area contributed by atoms with Gasteiger partial charge in [-0.25, -0.2) is 4.39 Å². The zero-order valence-electron chi connectivity index (χ0n) is 10.7. The van der Waals surface area contributed by atoms with Gasteiger partial charge in [0.05, 0.1) is 11.6 Å². The van der Waals surface area contributed by atoms with Crippen molar-refractivity contribution in [2.45, 2.75) is 45.2 Å². The molecule has 0 radical (unpaired) electrons. The Bertz CT molecular complexity index is 444. The van der Waals surface area contributed by atoms with Crippen molar-refractivity contribution in [2.24, 2.45) is 5.92 Å². The normalized spacial score (nSPS) is 17.6. The van der Waals surface area contributed by atoms with E-state index in [1.165, 1.54) is 37.8 Å². The summed E-state index contributed by atoms with van der Waals surface area (Å²) >= 11 is 0. The van der Waals surface area contributed by atoms with E-state index < -0.39 is 0 Å². The van der Waals surface area contributed by atoms with E-state index in [1.54, 1.807) is 6.07 Å². The summed E-state index contributed by atoms with van der Waals surface area (Å²) in [5.74, 6) is 0.479. The van der Waals surface area contributed by atoms with Crippen LogP contribution in [0, 0.1) is 23.1 Å². The van der Waals surface area contributed by atoms with E-state index in [4.69, 9.17) is 5.26 Å². The Morgan fingerprint density at radius 3 is 2.83 bits per heavy atom. The molecule has 1 aromatic carbocycles. The summed E-state index contributed by atoms with van der Waals surface area (Å²) in [6, 6.07) is 6.97. The number of nitriles is 1. The lowest BCUT2D eigenvalue weighted by atomic mass is 9.99. The third-order valence-corrected chi connectivity index (χ3v) is 3.90. The molecule has 0 spiro atoms. The standard InChI is InChI=1S/C15H19FN2/c1-11(13-4-2-3-5-13)18-10-14-8-12(9-17)6-7-15(14)16/h6-8,11,13,18H,2-5,10H2,1H3/t11-/m0/s1. The third kappa shape index (κ3) is 3.08. The van der Waals surface area contributed by atoms with Crippen LogP contribution in [-0.2, 0) is 6.54 Å². The molecular weight excluding hydrogens is 227 g/mol. The highest BCUT2D eigenvalue weighted by Gasteiger charge is 2.21. The highest BCUT2D eigenvalue weighted by Crippen LogP contribution is 2.27.